The van der Waals surface area contributed by atoms with Gasteiger partial charge >= 0.3 is 12.1 Å². The number of carbonyl (C=O) groups excluding carboxylic acids is 3. The van der Waals surface area contributed by atoms with Gasteiger partial charge in [-0.3, -0.25) is 4.79 Å². The van der Waals surface area contributed by atoms with E-state index in [2.05, 4.69) is 15.9 Å². The van der Waals surface area contributed by atoms with Crippen molar-refractivity contribution in [3.05, 3.63) is 106 Å². The van der Waals surface area contributed by atoms with Gasteiger partial charge in [-0.15, -0.1) is 0 Å². The first kappa shape index (κ1) is 28.8. The number of ether oxygens (including phenoxy) is 2. The van der Waals surface area contributed by atoms with E-state index >= 15 is 0 Å². The number of nitrogens with zero attached hydrogens (tertiary/aromatic N) is 1. The van der Waals surface area contributed by atoms with Gasteiger partial charge in [0.05, 0.1) is 12.3 Å². The van der Waals surface area contributed by atoms with Gasteiger partial charge in [-0.2, -0.15) is 0 Å². The normalized spacial score (nSPS) is 23.7. The van der Waals surface area contributed by atoms with Crippen LogP contribution < -0.4 is 4.90 Å². The molecule has 1 aliphatic carbocycles. The number of amides is 2. The van der Waals surface area contributed by atoms with Crippen LogP contribution in [0.4, 0.5) is 10.5 Å². The minimum atomic E-state index is -2.37. The molecule has 3 aromatic rings. The maximum absolute atomic E-state index is 14.9. The van der Waals surface area contributed by atoms with Gasteiger partial charge in [0, 0.05) is 16.0 Å². The quantitative estimate of drug-likeness (QED) is 0.334. The van der Waals surface area contributed by atoms with Crippen LogP contribution in [0, 0.1) is 0 Å². The predicted octanol–water partition coefficient (Wildman–Crippen LogP) is 6.53. The molecule has 0 radical (unpaired) electrons. The SMILES string of the molecule is CCOC(=O)[C@@]1(O)C[C@@H](c2ccc(Br)cc2)C=C(c2ccccc2)[C@@]12C(=O)N(C(=O)OC(C)(C)C)c1ccccc12. The summed E-state index contributed by atoms with van der Waals surface area (Å²) in [6.45, 7) is 6.77. The number of anilines is 1. The van der Waals surface area contributed by atoms with Crippen molar-refractivity contribution >= 4 is 45.2 Å². The van der Waals surface area contributed by atoms with E-state index < -0.39 is 40.5 Å². The van der Waals surface area contributed by atoms with Crippen molar-refractivity contribution < 1.29 is 29.0 Å². The molecular formula is C33H32BrNO6. The Bertz CT molecular complexity index is 1530. The number of fused-ring (bicyclic) bond motifs is 2. The number of para-hydroxylation sites is 1. The molecule has 0 fully saturated rings. The lowest BCUT2D eigenvalue weighted by Gasteiger charge is -2.48. The number of halogens is 1. The summed E-state index contributed by atoms with van der Waals surface area (Å²) in [5.41, 5.74) is -2.78. The van der Waals surface area contributed by atoms with Crippen LogP contribution in [-0.4, -0.2) is 40.9 Å². The molecule has 8 heteroatoms. The molecule has 1 heterocycles. The Morgan fingerprint density at radius 1 is 1.00 bits per heavy atom. The minimum absolute atomic E-state index is 0.00379. The van der Waals surface area contributed by atoms with Crippen molar-refractivity contribution in [2.75, 3.05) is 11.5 Å². The third-order valence-electron chi connectivity index (χ3n) is 7.55. The predicted molar refractivity (Wildman–Crippen MR) is 159 cm³/mol. The van der Waals surface area contributed by atoms with Crippen LogP contribution in [0.15, 0.2) is 89.4 Å². The first-order chi connectivity index (χ1) is 19.4. The molecule has 3 atom stereocenters. The average Bonchev–Trinajstić information content (AvgIpc) is 3.19. The Morgan fingerprint density at radius 2 is 1.63 bits per heavy atom. The van der Waals surface area contributed by atoms with Crippen molar-refractivity contribution in [3.63, 3.8) is 0 Å². The summed E-state index contributed by atoms with van der Waals surface area (Å²) >= 11 is 3.47. The Labute approximate surface area is 247 Å². The summed E-state index contributed by atoms with van der Waals surface area (Å²) < 4.78 is 12.0. The molecule has 0 saturated carbocycles. The van der Waals surface area contributed by atoms with Crippen LogP contribution in [0.3, 0.4) is 0 Å². The number of allylic oxidation sites excluding steroid dienone is 1. The number of hydrogen-bond acceptors (Lipinski definition) is 6. The van der Waals surface area contributed by atoms with Gasteiger partial charge < -0.3 is 14.6 Å². The van der Waals surface area contributed by atoms with Crippen LogP contribution in [0.1, 0.15) is 56.7 Å². The molecule has 2 amide bonds. The maximum Gasteiger partial charge on any atom is 0.421 e. The second-order valence-corrected chi connectivity index (χ2v) is 12.2. The molecule has 1 aliphatic heterocycles. The number of aliphatic hydroxyl groups is 1. The molecule has 0 saturated heterocycles. The fourth-order valence-corrected chi connectivity index (χ4v) is 6.21. The summed E-state index contributed by atoms with van der Waals surface area (Å²) in [6, 6.07) is 23.5. The summed E-state index contributed by atoms with van der Waals surface area (Å²) in [5, 5.41) is 12.8. The van der Waals surface area contributed by atoms with E-state index in [1.54, 1.807) is 52.0 Å². The third-order valence-corrected chi connectivity index (χ3v) is 8.08. The Hall–Kier alpha value is -3.75. The second kappa shape index (κ2) is 10.6. The van der Waals surface area contributed by atoms with E-state index in [1.165, 1.54) is 0 Å². The van der Waals surface area contributed by atoms with Crippen molar-refractivity contribution in [2.24, 2.45) is 0 Å². The highest BCUT2D eigenvalue weighted by molar-refractivity contribution is 9.10. The van der Waals surface area contributed by atoms with Crippen LogP contribution in [0.25, 0.3) is 5.57 Å². The van der Waals surface area contributed by atoms with Gasteiger partial charge in [-0.05, 0) is 69.0 Å². The van der Waals surface area contributed by atoms with E-state index in [4.69, 9.17) is 9.47 Å². The zero-order valence-corrected chi connectivity index (χ0v) is 25.0. The number of esters is 1. The molecule has 1 N–H and O–H groups in total. The molecule has 0 aromatic heterocycles. The molecule has 1 spiro atoms. The second-order valence-electron chi connectivity index (χ2n) is 11.3. The lowest BCUT2D eigenvalue weighted by molar-refractivity contribution is -0.175. The van der Waals surface area contributed by atoms with Crippen LogP contribution >= 0.6 is 15.9 Å². The highest BCUT2D eigenvalue weighted by Crippen LogP contribution is 2.61. The Morgan fingerprint density at radius 3 is 2.27 bits per heavy atom. The zero-order valence-electron chi connectivity index (χ0n) is 23.4. The number of rotatable bonds is 4. The summed E-state index contributed by atoms with van der Waals surface area (Å²) in [7, 11) is 0. The first-order valence-corrected chi connectivity index (χ1v) is 14.3. The minimum Gasteiger partial charge on any atom is -0.464 e. The van der Waals surface area contributed by atoms with E-state index in [0.717, 1.165) is 14.9 Å². The number of hydrogen-bond donors (Lipinski definition) is 1. The van der Waals surface area contributed by atoms with Gasteiger partial charge in [-0.25, -0.2) is 14.5 Å². The molecule has 3 aromatic carbocycles. The maximum atomic E-state index is 14.9. The first-order valence-electron chi connectivity index (χ1n) is 13.5. The largest absolute Gasteiger partial charge is 0.464 e. The molecule has 41 heavy (non-hydrogen) atoms. The topological polar surface area (TPSA) is 93.1 Å². The van der Waals surface area contributed by atoms with Crippen molar-refractivity contribution in [1.82, 2.24) is 0 Å². The molecule has 212 valence electrons. The molecule has 5 rings (SSSR count). The van der Waals surface area contributed by atoms with Crippen molar-refractivity contribution in [2.45, 2.75) is 56.7 Å². The molecule has 7 nitrogen and oxygen atoms in total. The van der Waals surface area contributed by atoms with Gasteiger partial charge in [-0.1, -0.05) is 82.7 Å². The number of imide groups is 1. The monoisotopic (exact) mass is 617 g/mol. The fraction of sp³-hybridized carbons (Fsp3) is 0.303. The van der Waals surface area contributed by atoms with Crippen molar-refractivity contribution in [3.8, 4) is 0 Å². The fourth-order valence-electron chi connectivity index (χ4n) is 5.95. The standard InChI is InChI=1S/C33H32BrNO6/c1-5-40-29(37)32(39)20-23(21-15-17-24(34)18-16-21)19-26(22-11-7-6-8-12-22)33(32)25-13-9-10-14-27(25)35(28(33)36)30(38)41-31(2,3)4/h6-19,23,39H,5,20H2,1-4H3/t23-,32-,33-/m0/s1. The van der Waals surface area contributed by atoms with Gasteiger partial charge in [0.2, 0.25) is 0 Å². The molecular weight excluding hydrogens is 586 g/mol. The van der Waals surface area contributed by atoms with Gasteiger partial charge in [0.25, 0.3) is 5.91 Å². The van der Waals surface area contributed by atoms with Crippen LogP contribution in [0.2, 0.25) is 0 Å². The lowest BCUT2D eigenvalue weighted by Crippen LogP contribution is -2.65. The van der Waals surface area contributed by atoms with Crippen molar-refractivity contribution in [1.29, 1.82) is 0 Å². The molecule has 2 aliphatic rings. The number of benzene rings is 3. The molecule has 0 bridgehead atoms. The summed E-state index contributed by atoms with van der Waals surface area (Å²) in [6.07, 6.45) is 0.895. The van der Waals surface area contributed by atoms with E-state index in [0.29, 0.717) is 16.7 Å². The average molecular weight is 619 g/mol. The summed E-state index contributed by atoms with van der Waals surface area (Å²) in [5.74, 6) is -2.15. The smallest absolute Gasteiger partial charge is 0.421 e. The Balaban J connectivity index is 1.85. The third kappa shape index (κ3) is 4.69. The molecule has 0 unspecified atom stereocenters. The highest BCUT2D eigenvalue weighted by Gasteiger charge is 2.71. The lowest BCUT2D eigenvalue weighted by atomic mass is 9.55. The van der Waals surface area contributed by atoms with Crippen LogP contribution in [-0.2, 0) is 24.5 Å². The number of carbonyl (C=O) groups is 3. The van der Waals surface area contributed by atoms with E-state index in [1.807, 2.05) is 60.7 Å². The van der Waals surface area contributed by atoms with Gasteiger partial charge in [0.1, 0.15) is 11.0 Å². The summed E-state index contributed by atoms with van der Waals surface area (Å²) in [4.78, 5) is 43.4. The van der Waals surface area contributed by atoms with E-state index in [-0.39, 0.29) is 18.7 Å². The van der Waals surface area contributed by atoms with Crippen LogP contribution in [0.5, 0.6) is 0 Å². The van der Waals surface area contributed by atoms with Gasteiger partial charge in [0.15, 0.2) is 5.60 Å². The zero-order chi connectivity index (χ0) is 29.6. The Kier molecular flexibility index (Phi) is 7.42. The van der Waals surface area contributed by atoms with E-state index in [9.17, 15) is 19.5 Å². The highest BCUT2D eigenvalue weighted by atomic mass is 79.9.